The van der Waals surface area contributed by atoms with Crippen molar-refractivity contribution in [1.82, 2.24) is 14.6 Å². The molecule has 0 atom stereocenters. The minimum absolute atomic E-state index is 0.273. The maximum atomic E-state index is 12.2. The highest BCUT2D eigenvalue weighted by Gasteiger charge is 2.13. The van der Waals surface area contributed by atoms with E-state index in [-0.39, 0.29) is 5.95 Å². The Bertz CT molecular complexity index is 862. The van der Waals surface area contributed by atoms with Gasteiger partial charge in [-0.15, -0.1) is 10.2 Å². The molecule has 0 radical (unpaired) electrons. The van der Waals surface area contributed by atoms with E-state index in [0.29, 0.717) is 29.6 Å². The van der Waals surface area contributed by atoms with E-state index >= 15 is 0 Å². The van der Waals surface area contributed by atoms with Crippen LogP contribution in [-0.4, -0.2) is 34.3 Å². The fourth-order valence-corrected chi connectivity index (χ4v) is 2.22. The molecule has 8 heteroatoms. The van der Waals surface area contributed by atoms with Gasteiger partial charge in [-0.1, -0.05) is 12.1 Å². The summed E-state index contributed by atoms with van der Waals surface area (Å²) in [5.41, 5.74) is 1.18. The molecular weight excluding hydrogens is 310 g/mol. The number of aromatic nitrogens is 3. The first-order valence-electron chi connectivity index (χ1n) is 7.40. The molecule has 0 aliphatic rings. The second kappa shape index (κ2) is 6.86. The van der Waals surface area contributed by atoms with Crippen molar-refractivity contribution in [2.75, 3.05) is 24.4 Å². The number of rotatable bonds is 5. The number of amides is 2. The quantitative estimate of drug-likeness (QED) is 0.752. The van der Waals surface area contributed by atoms with Crippen LogP contribution in [0.4, 0.5) is 16.4 Å². The first-order valence-corrected chi connectivity index (χ1v) is 7.40. The molecule has 0 aliphatic carbocycles. The highest BCUT2D eigenvalue weighted by Crippen LogP contribution is 2.20. The van der Waals surface area contributed by atoms with E-state index in [1.807, 2.05) is 13.0 Å². The molecule has 8 nitrogen and oxygen atoms in total. The summed E-state index contributed by atoms with van der Waals surface area (Å²) in [6.07, 6.45) is 0. The van der Waals surface area contributed by atoms with Crippen LogP contribution in [0.5, 0.6) is 11.6 Å². The highest BCUT2D eigenvalue weighted by atomic mass is 16.5. The van der Waals surface area contributed by atoms with Crippen LogP contribution in [-0.2, 0) is 0 Å². The number of hydrogen-bond acceptors (Lipinski definition) is 5. The standard InChI is InChI=1S/C16H17N5O3/c1-3-24-14-9-5-8-13-19-20-15(21(13)14)18-16(22)17-11-6-4-7-12(10-11)23-2/h4-10H,3H2,1-2H3,(H2,17,18,20,22). The predicted molar refractivity (Wildman–Crippen MR) is 89.8 cm³/mol. The van der Waals surface area contributed by atoms with E-state index in [9.17, 15) is 4.79 Å². The fraction of sp³-hybridized carbons (Fsp3) is 0.188. The number of nitrogens with one attached hydrogen (secondary N) is 2. The molecule has 3 rings (SSSR count). The maximum Gasteiger partial charge on any atom is 0.326 e. The number of ether oxygens (including phenoxy) is 2. The van der Waals surface area contributed by atoms with Crippen molar-refractivity contribution in [2.45, 2.75) is 6.92 Å². The van der Waals surface area contributed by atoms with Crippen LogP contribution in [0, 0.1) is 0 Å². The van der Waals surface area contributed by atoms with Gasteiger partial charge in [-0.3, -0.25) is 5.32 Å². The number of pyridine rings is 1. The van der Waals surface area contributed by atoms with Crippen molar-refractivity contribution in [1.29, 1.82) is 0 Å². The van der Waals surface area contributed by atoms with Gasteiger partial charge < -0.3 is 14.8 Å². The van der Waals surface area contributed by atoms with Crippen molar-refractivity contribution in [3.05, 3.63) is 42.5 Å². The van der Waals surface area contributed by atoms with Gasteiger partial charge in [-0.05, 0) is 31.2 Å². The zero-order valence-electron chi connectivity index (χ0n) is 13.3. The molecule has 2 aromatic heterocycles. The highest BCUT2D eigenvalue weighted by molar-refractivity contribution is 5.99. The molecule has 2 heterocycles. The topological polar surface area (TPSA) is 89.8 Å². The van der Waals surface area contributed by atoms with Gasteiger partial charge in [0.2, 0.25) is 11.8 Å². The number of anilines is 2. The van der Waals surface area contributed by atoms with E-state index in [1.165, 1.54) is 0 Å². The third kappa shape index (κ3) is 3.22. The van der Waals surface area contributed by atoms with Crippen molar-refractivity contribution in [2.24, 2.45) is 0 Å². The summed E-state index contributed by atoms with van der Waals surface area (Å²) in [6.45, 7) is 2.37. The number of hydrogen-bond donors (Lipinski definition) is 2. The molecule has 3 aromatic rings. The molecule has 0 aliphatic heterocycles. The van der Waals surface area contributed by atoms with Gasteiger partial charge in [-0.25, -0.2) is 9.20 Å². The van der Waals surface area contributed by atoms with Crippen LogP contribution >= 0.6 is 0 Å². The maximum absolute atomic E-state index is 12.2. The number of carbonyl (C=O) groups excluding carboxylic acids is 1. The van der Waals surface area contributed by atoms with Crippen LogP contribution in [0.15, 0.2) is 42.5 Å². The number of nitrogens with zero attached hydrogens (tertiary/aromatic N) is 3. The Morgan fingerprint density at radius 1 is 1.17 bits per heavy atom. The SMILES string of the molecule is CCOc1cccc2nnc(NC(=O)Nc3cccc(OC)c3)n12. The normalized spacial score (nSPS) is 10.4. The average molecular weight is 327 g/mol. The summed E-state index contributed by atoms with van der Waals surface area (Å²) in [4.78, 5) is 12.2. The van der Waals surface area contributed by atoms with Crippen LogP contribution < -0.4 is 20.1 Å². The number of carbonyl (C=O) groups is 1. The molecule has 0 saturated carbocycles. The zero-order chi connectivity index (χ0) is 16.9. The number of urea groups is 1. The Morgan fingerprint density at radius 2 is 2.00 bits per heavy atom. The smallest absolute Gasteiger partial charge is 0.326 e. The lowest BCUT2D eigenvalue weighted by Gasteiger charge is -2.10. The monoisotopic (exact) mass is 327 g/mol. The molecule has 1 aromatic carbocycles. The number of methoxy groups -OCH3 is 1. The minimum atomic E-state index is -0.441. The lowest BCUT2D eigenvalue weighted by atomic mass is 10.3. The van der Waals surface area contributed by atoms with E-state index in [1.54, 1.807) is 47.9 Å². The van der Waals surface area contributed by atoms with Crippen molar-refractivity contribution < 1.29 is 14.3 Å². The van der Waals surface area contributed by atoms with Gasteiger partial charge in [0, 0.05) is 11.8 Å². The average Bonchev–Trinajstić information content (AvgIpc) is 2.99. The van der Waals surface area contributed by atoms with Crippen LogP contribution in [0.3, 0.4) is 0 Å². The van der Waals surface area contributed by atoms with E-state index < -0.39 is 6.03 Å². The number of fused-ring (bicyclic) bond motifs is 1. The largest absolute Gasteiger partial charge is 0.497 e. The van der Waals surface area contributed by atoms with Gasteiger partial charge >= 0.3 is 6.03 Å². The first-order chi connectivity index (χ1) is 11.7. The summed E-state index contributed by atoms with van der Waals surface area (Å²) < 4.78 is 12.3. The second-order valence-electron chi connectivity index (χ2n) is 4.83. The summed E-state index contributed by atoms with van der Waals surface area (Å²) in [5, 5.41) is 13.4. The summed E-state index contributed by atoms with van der Waals surface area (Å²) in [6, 6.07) is 12.0. The Kier molecular flexibility index (Phi) is 4.46. The fourth-order valence-electron chi connectivity index (χ4n) is 2.22. The molecule has 2 N–H and O–H groups in total. The molecule has 0 unspecified atom stereocenters. The number of benzene rings is 1. The van der Waals surface area contributed by atoms with Crippen LogP contribution in [0.1, 0.15) is 6.92 Å². The van der Waals surface area contributed by atoms with E-state index in [4.69, 9.17) is 9.47 Å². The van der Waals surface area contributed by atoms with Crippen molar-refractivity contribution in [3.63, 3.8) is 0 Å². The molecular formula is C16H17N5O3. The minimum Gasteiger partial charge on any atom is -0.497 e. The van der Waals surface area contributed by atoms with Crippen molar-refractivity contribution in [3.8, 4) is 11.6 Å². The van der Waals surface area contributed by atoms with Gasteiger partial charge in [0.25, 0.3) is 0 Å². The molecule has 124 valence electrons. The Balaban J connectivity index is 1.80. The second-order valence-corrected chi connectivity index (χ2v) is 4.83. The third-order valence-corrected chi connectivity index (χ3v) is 3.24. The van der Waals surface area contributed by atoms with Gasteiger partial charge in [0.05, 0.1) is 13.7 Å². The first kappa shape index (κ1) is 15.6. The molecule has 24 heavy (non-hydrogen) atoms. The van der Waals surface area contributed by atoms with Gasteiger partial charge in [-0.2, -0.15) is 0 Å². The predicted octanol–water partition coefficient (Wildman–Crippen LogP) is 2.78. The summed E-state index contributed by atoms with van der Waals surface area (Å²) in [7, 11) is 1.57. The molecule has 0 saturated heterocycles. The molecule has 0 spiro atoms. The Morgan fingerprint density at radius 3 is 2.79 bits per heavy atom. The molecule has 2 amide bonds. The Hall–Kier alpha value is -3.29. The zero-order valence-corrected chi connectivity index (χ0v) is 13.3. The van der Waals surface area contributed by atoms with E-state index in [0.717, 1.165) is 0 Å². The lowest BCUT2D eigenvalue weighted by molar-refractivity contribution is 0.262. The van der Waals surface area contributed by atoms with Gasteiger partial charge in [0.15, 0.2) is 5.65 Å². The Labute approximate surface area is 138 Å². The van der Waals surface area contributed by atoms with E-state index in [2.05, 4.69) is 20.8 Å². The summed E-state index contributed by atoms with van der Waals surface area (Å²) in [5.74, 6) is 1.48. The van der Waals surface area contributed by atoms with Crippen LogP contribution in [0.2, 0.25) is 0 Å². The van der Waals surface area contributed by atoms with Crippen LogP contribution in [0.25, 0.3) is 5.65 Å². The molecule has 0 fully saturated rings. The third-order valence-electron chi connectivity index (χ3n) is 3.24. The van der Waals surface area contributed by atoms with Crippen molar-refractivity contribution >= 4 is 23.3 Å². The summed E-state index contributed by atoms with van der Waals surface area (Å²) >= 11 is 0. The lowest BCUT2D eigenvalue weighted by Crippen LogP contribution is -2.21. The van der Waals surface area contributed by atoms with Gasteiger partial charge in [0.1, 0.15) is 5.75 Å². The molecule has 0 bridgehead atoms.